The second-order valence-corrected chi connectivity index (χ2v) is 5.23. The maximum atomic E-state index is 6.06. The van der Waals surface area contributed by atoms with Crippen molar-refractivity contribution in [2.24, 2.45) is 0 Å². The van der Waals surface area contributed by atoms with E-state index in [1.54, 1.807) is 6.07 Å². The monoisotopic (exact) mass is 260 g/mol. The van der Waals surface area contributed by atoms with Gasteiger partial charge in [0.05, 0.1) is 5.69 Å². The number of nitrogens with zero attached hydrogens (tertiary/aromatic N) is 3. The van der Waals surface area contributed by atoms with Gasteiger partial charge in [0.25, 0.3) is 0 Å². The van der Waals surface area contributed by atoms with Gasteiger partial charge in [-0.05, 0) is 13.8 Å². The van der Waals surface area contributed by atoms with Crippen molar-refractivity contribution in [1.29, 1.82) is 0 Å². The first-order valence-corrected chi connectivity index (χ1v) is 5.93. The molecule has 0 spiro atoms. The molecule has 1 saturated heterocycles. The molecule has 2 heterocycles. The minimum atomic E-state index is -0.00570. The van der Waals surface area contributed by atoms with E-state index in [2.05, 4.69) is 34.3 Å². The first-order valence-electron chi connectivity index (χ1n) is 5.18. The topological polar surface area (TPSA) is 41.0 Å². The van der Waals surface area contributed by atoms with Gasteiger partial charge in [-0.3, -0.25) is 0 Å². The van der Waals surface area contributed by atoms with Crippen molar-refractivity contribution >= 4 is 28.9 Å². The number of nitrogens with one attached hydrogen (secondary N) is 1. The van der Waals surface area contributed by atoms with Gasteiger partial charge in [0.2, 0.25) is 0 Å². The number of aromatic nitrogens is 2. The number of halogens is 2. The van der Waals surface area contributed by atoms with Crippen LogP contribution in [0.3, 0.4) is 0 Å². The Morgan fingerprint density at radius 1 is 1.38 bits per heavy atom. The quantitative estimate of drug-likeness (QED) is 0.839. The standard InChI is InChI=1S/C10H14Cl2N4/c1-10(2)6-13-3-4-16(10)7-5-8(11)14-15-9(7)12/h5,13H,3-4,6H2,1-2H3. The van der Waals surface area contributed by atoms with E-state index in [0.717, 1.165) is 25.3 Å². The fourth-order valence-corrected chi connectivity index (χ4v) is 2.30. The minimum Gasteiger partial charge on any atom is -0.361 e. The van der Waals surface area contributed by atoms with Crippen molar-refractivity contribution in [3.8, 4) is 0 Å². The largest absolute Gasteiger partial charge is 0.361 e. The maximum Gasteiger partial charge on any atom is 0.175 e. The molecule has 1 aliphatic heterocycles. The lowest BCUT2D eigenvalue weighted by Gasteiger charge is -2.44. The van der Waals surface area contributed by atoms with Crippen LogP contribution in [0.15, 0.2) is 6.07 Å². The Kier molecular flexibility index (Phi) is 3.24. The Morgan fingerprint density at radius 2 is 2.12 bits per heavy atom. The highest BCUT2D eigenvalue weighted by Gasteiger charge is 2.31. The molecule has 4 nitrogen and oxygen atoms in total. The van der Waals surface area contributed by atoms with Crippen molar-refractivity contribution in [2.75, 3.05) is 24.5 Å². The molecular formula is C10H14Cl2N4. The molecule has 0 bridgehead atoms. The van der Waals surface area contributed by atoms with Gasteiger partial charge in [0.15, 0.2) is 10.3 Å². The first kappa shape index (κ1) is 11.9. The second-order valence-electron chi connectivity index (χ2n) is 4.48. The second kappa shape index (κ2) is 4.35. The Labute approximate surface area is 105 Å². The van der Waals surface area contributed by atoms with Gasteiger partial charge >= 0.3 is 0 Å². The molecule has 0 saturated carbocycles. The van der Waals surface area contributed by atoms with E-state index < -0.39 is 0 Å². The van der Waals surface area contributed by atoms with Crippen molar-refractivity contribution in [3.05, 3.63) is 16.4 Å². The zero-order valence-electron chi connectivity index (χ0n) is 9.30. The molecular weight excluding hydrogens is 247 g/mol. The van der Waals surface area contributed by atoms with Crippen LogP contribution in [0.2, 0.25) is 10.3 Å². The number of hydrogen-bond donors (Lipinski definition) is 1. The molecule has 1 aromatic rings. The van der Waals surface area contributed by atoms with Crippen LogP contribution in [0.5, 0.6) is 0 Å². The molecule has 6 heteroatoms. The minimum absolute atomic E-state index is 0.00570. The molecule has 0 amide bonds. The van der Waals surface area contributed by atoms with Gasteiger partial charge in [-0.25, -0.2) is 0 Å². The average molecular weight is 261 g/mol. The van der Waals surface area contributed by atoms with Crippen molar-refractivity contribution < 1.29 is 0 Å². The lowest BCUT2D eigenvalue weighted by Crippen LogP contribution is -2.58. The highest BCUT2D eigenvalue weighted by Crippen LogP contribution is 2.31. The molecule has 1 aliphatic rings. The van der Waals surface area contributed by atoms with Gasteiger partial charge in [0.1, 0.15) is 0 Å². The van der Waals surface area contributed by atoms with E-state index in [4.69, 9.17) is 23.2 Å². The third kappa shape index (κ3) is 2.24. The molecule has 0 aromatic carbocycles. The molecule has 1 N–H and O–H groups in total. The summed E-state index contributed by atoms with van der Waals surface area (Å²) in [6, 6.07) is 1.77. The van der Waals surface area contributed by atoms with Crippen LogP contribution in [0.1, 0.15) is 13.8 Å². The van der Waals surface area contributed by atoms with Crippen LogP contribution in [-0.2, 0) is 0 Å². The normalized spacial score (nSPS) is 19.9. The summed E-state index contributed by atoms with van der Waals surface area (Å²) in [5.41, 5.74) is 0.849. The van der Waals surface area contributed by atoms with Crippen LogP contribution in [-0.4, -0.2) is 35.4 Å². The number of hydrogen-bond acceptors (Lipinski definition) is 4. The smallest absolute Gasteiger partial charge is 0.175 e. The third-order valence-electron chi connectivity index (χ3n) is 2.79. The third-order valence-corrected chi connectivity index (χ3v) is 3.25. The summed E-state index contributed by atoms with van der Waals surface area (Å²) >= 11 is 11.9. The lowest BCUT2D eigenvalue weighted by molar-refractivity contribution is 0.380. The zero-order valence-corrected chi connectivity index (χ0v) is 10.8. The molecule has 1 fully saturated rings. The summed E-state index contributed by atoms with van der Waals surface area (Å²) in [6.07, 6.45) is 0. The van der Waals surface area contributed by atoms with Crippen LogP contribution in [0.4, 0.5) is 5.69 Å². The van der Waals surface area contributed by atoms with Crippen LogP contribution < -0.4 is 10.2 Å². The van der Waals surface area contributed by atoms with Crippen LogP contribution in [0, 0.1) is 0 Å². The molecule has 0 atom stereocenters. The van der Waals surface area contributed by atoms with Gasteiger partial charge in [0, 0.05) is 31.2 Å². The molecule has 0 radical (unpaired) electrons. The SMILES string of the molecule is CC1(C)CNCCN1c1cc(Cl)nnc1Cl. The highest BCUT2D eigenvalue weighted by atomic mass is 35.5. The highest BCUT2D eigenvalue weighted by molar-refractivity contribution is 6.33. The van der Waals surface area contributed by atoms with E-state index in [1.165, 1.54) is 0 Å². The summed E-state index contributed by atoms with van der Waals surface area (Å²) in [4.78, 5) is 2.21. The fraction of sp³-hybridized carbons (Fsp3) is 0.600. The maximum absolute atomic E-state index is 6.06. The Balaban J connectivity index is 2.38. The van der Waals surface area contributed by atoms with E-state index in [9.17, 15) is 0 Å². The van der Waals surface area contributed by atoms with Crippen molar-refractivity contribution in [3.63, 3.8) is 0 Å². The van der Waals surface area contributed by atoms with E-state index in [-0.39, 0.29) is 5.54 Å². The summed E-state index contributed by atoms with van der Waals surface area (Å²) in [7, 11) is 0. The predicted molar refractivity (Wildman–Crippen MR) is 66.3 cm³/mol. The molecule has 2 rings (SSSR count). The number of piperazine rings is 1. The van der Waals surface area contributed by atoms with E-state index in [0.29, 0.717) is 10.3 Å². The van der Waals surface area contributed by atoms with Gasteiger partial charge in [-0.2, -0.15) is 0 Å². The average Bonchev–Trinajstić information content (AvgIpc) is 2.22. The fourth-order valence-electron chi connectivity index (χ4n) is 1.96. The first-order chi connectivity index (χ1) is 7.50. The number of anilines is 1. The summed E-state index contributed by atoms with van der Waals surface area (Å²) in [5, 5.41) is 11.7. The van der Waals surface area contributed by atoms with E-state index >= 15 is 0 Å². The Bertz CT molecular complexity index is 394. The molecule has 0 aliphatic carbocycles. The van der Waals surface area contributed by atoms with Crippen LogP contribution in [0.25, 0.3) is 0 Å². The summed E-state index contributed by atoms with van der Waals surface area (Å²) in [5.74, 6) is 0. The molecule has 88 valence electrons. The van der Waals surface area contributed by atoms with Gasteiger partial charge in [-0.15, -0.1) is 10.2 Å². The Morgan fingerprint density at radius 3 is 2.81 bits per heavy atom. The molecule has 1 aromatic heterocycles. The summed E-state index contributed by atoms with van der Waals surface area (Å²) < 4.78 is 0. The molecule has 16 heavy (non-hydrogen) atoms. The predicted octanol–water partition coefficient (Wildman–Crippen LogP) is 1.97. The van der Waals surface area contributed by atoms with E-state index in [1.807, 2.05) is 0 Å². The van der Waals surface area contributed by atoms with Crippen molar-refractivity contribution in [2.45, 2.75) is 19.4 Å². The lowest BCUT2D eigenvalue weighted by atomic mass is 9.99. The van der Waals surface area contributed by atoms with Gasteiger partial charge < -0.3 is 10.2 Å². The number of rotatable bonds is 1. The zero-order chi connectivity index (χ0) is 11.8. The Hall–Kier alpha value is -0.580. The van der Waals surface area contributed by atoms with Gasteiger partial charge in [-0.1, -0.05) is 23.2 Å². The van der Waals surface area contributed by atoms with Crippen LogP contribution >= 0.6 is 23.2 Å². The summed E-state index contributed by atoms with van der Waals surface area (Å²) in [6.45, 7) is 7.03. The molecule has 0 unspecified atom stereocenters. The van der Waals surface area contributed by atoms with Crippen molar-refractivity contribution in [1.82, 2.24) is 15.5 Å².